The summed E-state index contributed by atoms with van der Waals surface area (Å²) in [5.41, 5.74) is 0. The molecule has 0 radical (unpaired) electrons. The number of hydrogen-bond acceptors (Lipinski definition) is 6. The van der Waals surface area contributed by atoms with Crippen molar-refractivity contribution in [2.75, 3.05) is 5.75 Å². The van der Waals surface area contributed by atoms with Crippen molar-refractivity contribution in [2.24, 2.45) is 0 Å². The molecule has 72 valence electrons. The maximum absolute atomic E-state index is 9.23. The topological polar surface area (TPSA) is 90.2 Å². The number of hydrogen-bond donors (Lipinski definition) is 5. The van der Waals surface area contributed by atoms with E-state index in [0.29, 0.717) is 0 Å². The van der Waals surface area contributed by atoms with E-state index in [4.69, 9.17) is 20.1 Å². The van der Waals surface area contributed by atoms with E-state index >= 15 is 0 Å². The molecule has 0 amide bonds. The zero-order valence-corrected chi connectivity index (χ0v) is 7.13. The summed E-state index contributed by atoms with van der Waals surface area (Å²) < 4.78 is 4.75. The number of aliphatic hydroxyl groups excluding tert-OH is 4. The van der Waals surface area contributed by atoms with Crippen molar-refractivity contribution in [1.29, 1.82) is 0 Å². The summed E-state index contributed by atoms with van der Waals surface area (Å²) in [5.74, 6) is 0.169. The SMILES string of the molecule is OC1[C@H](O)C(CS)O[C@H](O)[C@@H]1O. The molecular weight excluding hydrogens is 184 g/mol. The normalized spacial score (nSPS) is 49.2. The zero-order chi connectivity index (χ0) is 9.30. The molecule has 0 aliphatic carbocycles. The average molecular weight is 196 g/mol. The summed E-state index contributed by atoms with van der Waals surface area (Å²) >= 11 is 3.84. The van der Waals surface area contributed by atoms with Crippen LogP contribution in [-0.4, -0.2) is 56.9 Å². The molecule has 0 spiro atoms. The lowest BCUT2D eigenvalue weighted by Crippen LogP contribution is -2.57. The van der Waals surface area contributed by atoms with Crippen LogP contribution in [0.15, 0.2) is 0 Å². The van der Waals surface area contributed by atoms with Gasteiger partial charge in [-0.25, -0.2) is 0 Å². The third kappa shape index (κ3) is 1.73. The minimum Gasteiger partial charge on any atom is -0.388 e. The van der Waals surface area contributed by atoms with Crippen LogP contribution in [0.1, 0.15) is 0 Å². The highest BCUT2D eigenvalue weighted by Gasteiger charge is 2.42. The molecule has 6 heteroatoms. The number of rotatable bonds is 1. The van der Waals surface area contributed by atoms with Crippen LogP contribution in [0.2, 0.25) is 0 Å². The Morgan fingerprint density at radius 2 is 1.58 bits per heavy atom. The molecule has 0 aromatic carbocycles. The first-order valence-corrected chi connectivity index (χ1v) is 4.19. The lowest BCUT2D eigenvalue weighted by Gasteiger charge is -2.37. The molecule has 1 heterocycles. The Balaban J connectivity index is 2.63. The van der Waals surface area contributed by atoms with Gasteiger partial charge >= 0.3 is 0 Å². The summed E-state index contributed by atoms with van der Waals surface area (Å²) in [4.78, 5) is 0. The molecule has 0 aromatic rings. The highest BCUT2D eigenvalue weighted by molar-refractivity contribution is 7.80. The van der Waals surface area contributed by atoms with Crippen molar-refractivity contribution < 1.29 is 25.2 Å². The fraction of sp³-hybridized carbons (Fsp3) is 1.00. The van der Waals surface area contributed by atoms with Gasteiger partial charge in [0.05, 0.1) is 6.10 Å². The van der Waals surface area contributed by atoms with Crippen molar-refractivity contribution in [3.63, 3.8) is 0 Å². The molecule has 1 rings (SSSR count). The van der Waals surface area contributed by atoms with Gasteiger partial charge in [0.2, 0.25) is 0 Å². The zero-order valence-electron chi connectivity index (χ0n) is 6.24. The molecule has 12 heavy (non-hydrogen) atoms. The molecule has 0 aromatic heterocycles. The van der Waals surface area contributed by atoms with Gasteiger partial charge in [0, 0.05) is 5.75 Å². The number of ether oxygens (including phenoxy) is 1. The first kappa shape index (κ1) is 10.2. The molecule has 5 atom stereocenters. The van der Waals surface area contributed by atoms with Gasteiger partial charge in [0.25, 0.3) is 0 Å². The first-order valence-electron chi connectivity index (χ1n) is 3.56. The Morgan fingerprint density at radius 1 is 1.00 bits per heavy atom. The summed E-state index contributed by atoms with van der Waals surface area (Å²) in [7, 11) is 0. The molecule has 5 nitrogen and oxygen atoms in total. The van der Waals surface area contributed by atoms with Gasteiger partial charge in [0.1, 0.15) is 18.3 Å². The molecular formula is C6H12O5S. The van der Waals surface area contributed by atoms with Crippen LogP contribution in [0.5, 0.6) is 0 Å². The van der Waals surface area contributed by atoms with Crippen LogP contribution in [0.3, 0.4) is 0 Å². The van der Waals surface area contributed by atoms with Crippen molar-refractivity contribution in [2.45, 2.75) is 30.7 Å². The van der Waals surface area contributed by atoms with E-state index in [1.165, 1.54) is 0 Å². The van der Waals surface area contributed by atoms with E-state index in [9.17, 15) is 5.11 Å². The van der Waals surface area contributed by atoms with Crippen LogP contribution in [0.4, 0.5) is 0 Å². The highest BCUT2D eigenvalue weighted by Crippen LogP contribution is 2.20. The Kier molecular flexibility index (Phi) is 3.33. The Bertz CT molecular complexity index is 150. The van der Waals surface area contributed by atoms with Crippen LogP contribution >= 0.6 is 12.6 Å². The smallest absolute Gasteiger partial charge is 0.183 e. The Morgan fingerprint density at radius 3 is 2.08 bits per heavy atom. The number of aliphatic hydroxyl groups is 4. The summed E-state index contributed by atoms with van der Waals surface area (Å²) in [5, 5.41) is 36.4. The van der Waals surface area contributed by atoms with Gasteiger partial charge in [-0.05, 0) is 0 Å². The fourth-order valence-electron chi connectivity index (χ4n) is 1.08. The van der Waals surface area contributed by atoms with Gasteiger partial charge in [-0.3, -0.25) is 0 Å². The van der Waals surface area contributed by atoms with Crippen molar-refractivity contribution in [3.8, 4) is 0 Å². The molecule has 0 bridgehead atoms. The van der Waals surface area contributed by atoms with Crippen molar-refractivity contribution in [3.05, 3.63) is 0 Å². The lowest BCUT2D eigenvalue weighted by molar-refractivity contribution is -0.276. The second-order valence-electron chi connectivity index (χ2n) is 2.72. The van der Waals surface area contributed by atoms with E-state index in [0.717, 1.165) is 0 Å². The molecule has 1 fully saturated rings. The molecule has 1 aliphatic heterocycles. The highest BCUT2D eigenvalue weighted by atomic mass is 32.1. The minimum atomic E-state index is -1.46. The molecule has 2 unspecified atom stereocenters. The molecule has 4 N–H and O–H groups in total. The van der Waals surface area contributed by atoms with Gasteiger partial charge in [0.15, 0.2) is 6.29 Å². The minimum absolute atomic E-state index is 0.169. The van der Waals surface area contributed by atoms with Crippen LogP contribution in [-0.2, 0) is 4.74 Å². The maximum atomic E-state index is 9.23. The number of thiol groups is 1. The first-order chi connectivity index (χ1) is 5.57. The van der Waals surface area contributed by atoms with Crippen LogP contribution in [0.25, 0.3) is 0 Å². The van der Waals surface area contributed by atoms with Crippen LogP contribution < -0.4 is 0 Å². The van der Waals surface area contributed by atoms with Gasteiger partial charge < -0.3 is 25.2 Å². The summed E-state index contributed by atoms with van der Waals surface area (Å²) in [6.45, 7) is 0. The maximum Gasteiger partial charge on any atom is 0.183 e. The lowest BCUT2D eigenvalue weighted by atomic mass is 10.0. The third-order valence-electron chi connectivity index (χ3n) is 1.87. The standard InChI is InChI=1S/C6H12O5S/c7-3-2(1-12)11-6(10)5(9)4(3)8/h2-10,12H,1H2/t2?,3-,4?,5-,6+/m1/s1. The molecule has 1 aliphatic rings. The fourth-order valence-corrected chi connectivity index (χ4v) is 1.38. The molecule has 1 saturated heterocycles. The van der Waals surface area contributed by atoms with E-state index in [2.05, 4.69) is 12.6 Å². The summed E-state index contributed by atoms with van der Waals surface area (Å²) in [6.07, 6.45) is -6.26. The third-order valence-corrected chi connectivity index (χ3v) is 2.23. The second kappa shape index (κ2) is 3.91. The second-order valence-corrected chi connectivity index (χ2v) is 3.08. The van der Waals surface area contributed by atoms with Gasteiger partial charge in [-0.1, -0.05) is 0 Å². The van der Waals surface area contributed by atoms with Gasteiger partial charge in [-0.15, -0.1) is 0 Å². The summed E-state index contributed by atoms with van der Waals surface area (Å²) in [6, 6.07) is 0. The van der Waals surface area contributed by atoms with Crippen molar-refractivity contribution >= 4 is 12.6 Å². The Labute approximate surface area is 75.0 Å². The monoisotopic (exact) mass is 196 g/mol. The quantitative estimate of drug-likeness (QED) is 0.305. The van der Waals surface area contributed by atoms with Crippen LogP contribution in [0, 0.1) is 0 Å². The van der Waals surface area contributed by atoms with Gasteiger partial charge in [-0.2, -0.15) is 12.6 Å². The van der Waals surface area contributed by atoms with E-state index in [-0.39, 0.29) is 5.75 Å². The van der Waals surface area contributed by atoms with E-state index in [1.54, 1.807) is 0 Å². The Hall–Kier alpha value is 0.150. The van der Waals surface area contributed by atoms with E-state index in [1.807, 2.05) is 0 Å². The van der Waals surface area contributed by atoms with E-state index < -0.39 is 30.7 Å². The van der Waals surface area contributed by atoms with Crippen molar-refractivity contribution in [1.82, 2.24) is 0 Å². The predicted molar refractivity (Wildman–Crippen MR) is 42.8 cm³/mol. The largest absolute Gasteiger partial charge is 0.388 e. The molecule has 0 saturated carbocycles. The predicted octanol–water partition coefficient (Wildman–Crippen LogP) is -2.28. The average Bonchev–Trinajstić information content (AvgIpc) is 2.08.